The van der Waals surface area contributed by atoms with Crippen LogP contribution < -0.4 is 10.6 Å². The number of carbonyl (C=O) groups is 2. The van der Waals surface area contributed by atoms with E-state index in [0.717, 1.165) is 5.56 Å². The fraction of sp³-hybridized carbons (Fsp3) is 0.217. The van der Waals surface area contributed by atoms with E-state index in [4.69, 9.17) is 0 Å². The highest BCUT2D eigenvalue weighted by Gasteiger charge is 2.16. The molecule has 0 radical (unpaired) electrons. The number of non-ortho nitro benzene ring substituents is 1. The van der Waals surface area contributed by atoms with Crippen molar-refractivity contribution in [1.82, 2.24) is 20.1 Å². The molecule has 0 saturated heterocycles. The Balaban J connectivity index is 1.63. The maximum absolute atomic E-state index is 12.5. The van der Waals surface area contributed by atoms with Gasteiger partial charge in [0.15, 0.2) is 11.0 Å². The maximum Gasteiger partial charge on any atom is 0.271 e. The zero-order valence-corrected chi connectivity index (χ0v) is 19.6. The molecule has 0 saturated carbocycles. The first-order valence-electron chi connectivity index (χ1n) is 10.3. The number of amides is 2. The minimum absolute atomic E-state index is 0.0209. The van der Waals surface area contributed by atoms with Gasteiger partial charge in [0.05, 0.1) is 22.9 Å². The van der Waals surface area contributed by atoms with E-state index >= 15 is 0 Å². The van der Waals surface area contributed by atoms with E-state index in [1.807, 2.05) is 19.1 Å². The highest BCUT2D eigenvalue weighted by atomic mass is 32.2. The SMILES string of the molecule is C=CCn1c(CNC(=O)c2cccc(C)c2)nnc1SCC(=O)Nc1cc([N+](=O)[O-])ccc1C. The summed E-state index contributed by atoms with van der Waals surface area (Å²) in [5.41, 5.74) is 2.53. The summed E-state index contributed by atoms with van der Waals surface area (Å²) >= 11 is 1.17. The van der Waals surface area contributed by atoms with Crippen LogP contribution in [0, 0.1) is 24.0 Å². The van der Waals surface area contributed by atoms with Gasteiger partial charge in [0.25, 0.3) is 11.6 Å². The average Bonchev–Trinajstić information content (AvgIpc) is 3.19. The number of aryl methyl sites for hydroxylation is 2. The van der Waals surface area contributed by atoms with Crippen molar-refractivity contribution in [3.8, 4) is 0 Å². The van der Waals surface area contributed by atoms with Crippen LogP contribution in [0.2, 0.25) is 0 Å². The first-order chi connectivity index (χ1) is 16.3. The molecule has 2 N–H and O–H groups in total. The number of nitrogens with one attached hydrogen (secondary N) is 2. The van der Waals surface area contributed by atoms with E-state index in [-0.39, 0.29) is 29.8 Å². The van der Waals surface area contributed by atoms with Crippen molar-refractivity contribution >= 4 is 35.0 Å². The lowest BCUT2D eigenvalue weighted by molar-refractivity contribution is -0.384. The van der Waals surface area contributed by atoms with Gasteiger partial charge in [0, 0.05) is 24.2 Å². The number of aromatic nitrogens is 3. The molecule has 0 atom stereocenters. The van der Waals surface area contributed by atoms with Gasteiger partial charge < -0.3 is 15.2 Å². The number of nitro groups is 1. The van der Waals surface area contributed by atoms with Crippen LogP contribution in [-0.4, -0.2) is 37.3 Å². The molecule has 34 heavy (non-hydrogen) atoms. The van der Waals surface area contributed by atoms with Gasteiger partial charge in [-0.05, 0) is 31.5 Å². The van der Waals surface area contributed by atoms with E-state index in [2.05, 4.69) is 27.4 Å². The second-order valence-corrected chi connectivity index (χ2v) is 8.39. The standard InChI is InChI=1S/C23H24N6O4S/c1-4-10-28-20(13-24-22(31)17-7-5-6-15(2)11-17)26-27-23(28)34-14-21(30)25-19-12-18(29(32)33)9-8-16(19)3/h4-9,11-12H,1,10,13-14H2,2-3H3,(H,24,31)(H,25,30). The van der Waals surface area contributed by atoms with E-state index in [1.54, 1.807) is 35.8 Å². The van der Waals surface area contributed by atoms with Crippen molar-refractivity contribution < 1.29 is 14.5 Å². The molecule has 0 aliphatic heterocycles. The molecule has 11 heteroatoms. The van der Waals surface area contributed by atoms with Crippen molar-refractivity contribution in [3.63, 3.8) is 0 Å². The molecule has 0 aliphatic rings. The van der Waals surface area contributed by atoms with Gasteiger partial charge in [-0.1, -0.05) is 41.6 Å². The van der Waals surface area contributed by atoms with Gasteiger partial charge in [-0.25, -0.2) is 0 Å². The number of thioether (sulfide) groups is 1. The van der Waals surface area contributed by atoms with Crippen molar-refractivity contribution in [2.24, 2.45) is 0 Å². The first kappa shape index (κ1) is 24.6. The van der Waals surface area contributed by atoms with Crippen molar-refractivity contribution in [1.29, 1.82) is 0 Å². The van der Waals surface area contributed by atoms with Crippen LogP contribution >= 0.6 is 11.8 Å². The normalized spacial score (nSPS) is 10.5. The highest BCUT2D eigenvalue weighted by molar-refractivity contribution is 7.99. The van der Waals surface area contributed by atoms with Gasteiger partial charge in [0.2, 0.25) is 5.91 Å². The molecule has 0 aliphatic carbocycles. The van der Waals surface area contributed by atoms with E-state index in [0.29, 0.717) is 34.3 Å². The van der Waals surface area contributed by atoms with Gasteiger partial charge >= 0.3 is 0 Å². The topological polar surface area (TPSA) is 132 Å². The molecule has 0 unspecified atom stereocenters. The Morgan fingerprint density at radius 1 is 1.21 bits per heavy atom. The molecular formula is C23H24N6O4S. The number of anilines is 1. The Labute approximate surface area is 200 Å². The van der Waals surface area contributed by atoms with Gasteiger partial charge in [0.1, 0.15) is 0 Å². The number of hydrogen-bond acceptors (Lipinski definition) is 7. The summed E-state index contributed by atoms with van der Waals surface area (Å²) in [5.74, 6) is -0.0142. The molecule has 10 nitrogen and oxygen atoms in total. The minimum Gasteiger partial charge on any atom is -0.345 e. The number of hydrogen-bond donors (Lipinski definition) is 2. The molecule has 2 amide bonds. The summed E-state index contributed by atoms with van der Waals surface area (Å²) in [6.07, 6.45) is 1.67. The number of benzene rings is 2. The van der Waals surface area contributed by atoms with Crippen molar-refractivity contribution in [2.45, 2.75) is 32.1 Å². The number of nitrogens with zero attached hydrogens (tertiary/aromatic N) is 4. The second kappa shape index (κ2) is 11.2. The van der Waals surface area contributed by atoms with Crippen LogP contribution in [0.4, 0.5) is 11.4 Å². The third-order valence-electron chi connectivity index (χ3n) is 4.83. The van der Waals surface area contributed by atoms with Crippen molar-refractivity contribution in [3.05, 3.63) is 87.7 Å². The Morgan fingerprint density at radius 2 is 2.00 bits per heavy atom. The van der Waals surface area contributed by atoms with Crippen molar-refractivity contribution in [2.75, 3.05) is 11.1 Å². The lowest BCUT2D eigenvalue weighted by atomic mass is 10.1. The van der Waals surface area contributed by atoms with Gasteiger partial charge in [-0.3, -0.25) is 19.7 Å². The molecule has 2 aromatic carbocycles. The summed E-state index contributed by atoms with van der Waals surface area (Å²) in [7, 11) is 0. The van der Waals surface area contributed by atoms with Crippen LogP contribution in [0.25, 0.3) is 0 Å². The smallest absolute Gasteiger partial charge is 0.271 e. The molecule has 0 fully saturated rings. The summed E-state index contributed by atoms with van der Waals surface area (Å²) in [4.78, 5) is 35.4. The van der Waals surface area contributed by atoms with Crippen LogP contribution in [0.15, 0.2) is 60.3 Å². The van der Waals surface area contributed by atoms with Crippen LogP contribution in [0.5, 0.6) is 0 Å². The van der Waals surface area contributed by atoms with E-state index in [1.165, 1.54) is 23.9 Å². The summed E-state index contributed by atoms with van der Waals surface area (Å²) < 4.78 is 1.76. The Hall–Kier alpha value is -3.99. The Bertz CT molecular complexity index is 1240. The van der Waals surface area contributed by atoms with E-state index < -0.39 is 4.92 Å². The average molecular weight is 481 g/mol. The molecule has 3 aromatic rings. The summed E-state index contributed by atoms with van der Waals surface area (Å²) in [6.45, 7) is 7.97. The predicted octanol–water partition coefficient (Wildman–Crippen LogP) is 3.65. The summed E-state index contributed by atoms with van der Waals surface area (Å²) in [6, 6.07) is 11.6. The Morgan fingerprint density at radius 3 is 2.71 bits per heavy atom. The summed E-state index contributed by atoms with van der Waals surface area (Å²) in [5, 5.41) is 25.3. The molecule has 0 spiro atoms. The third-order valence-corrected chi connectivity index (χ3v) is 5.80. The minimum atomic E-state index is -0.513. The largest absolute Gasteiger partial charge is 0.345 e. The van der Waals surface area contributed by atoms with Crippen LogP contribution in [0.3, 0.4) is 0 Å². The lowest BCUT2D eigenvalue weighted by Gasteiger charge is -2.10. The molecule has 0 bridgehead atoms. The highest BCUT2D eigenvalue weighted by Crippen LogP contribution is 2.23. The number of rotatable bonds is 10. The molecular weight excluding hydrogens is 456 g/mol. The quantitative estimate of drug-likeness (QED) is 0.196. The monoisotopic (exact) mass is 480 g/mol. The maximum atomic E-state index is 12.5. The fourth-order valence-electron chi connectivity index (χ4n) is 3.09. The first-order valence-corrected chi connectivity index (χ1v) is 11.3. The second-order valence-electron chi connectivity index (χ2n) is 7.44. The molecule has 3 rings (SSSR count). The van der Waals surface area contributed by atoms with Gasteiger partial charge in [-0.15, -0.1) is 16.8 Å². The lowest BCUT2D eigenvalue weighted by Crippen LogP contribution is -2.25. The van der Waals surface area contributed by atoms with E-state index in [9.17, 15) is 19.7 Å². The predicted molar refractivity (Wildman–Crippen MR) is 130 cm³/mol. The van der Waals surface area contributed by atoms with Crippen LogP contribution in [-0.2, 0) is 17.9 Å². The zero-order chi connectivity index (χ0) is 24.7. The molecule has 1 heterocycles. The third kappa shape index (κ3) is 6.29. The van der Waals surface area contributed by atoms with Crippen LogP contribution in [0.1, 0.15) is 27.3 Å². The zero-order valence-electron chi connectivity index (χ0n) is 18.8. The van der Waals surface area contributed by atoms with Gasteiger partial charge in [-0.2, -0.15) is 0 Å². The molecule has 176 valence electrons. The Kier molecular flexibility index (Phi) is 8.14. The number of nitro benzene ring substituents is 1. The number of carbonyl (C=O) groups excluding carboxylic acids is 2. The fourth-order valence-corrected chi connectivity index (χ4v) is 3.86. The molecule has 1 aromatic heterocycles. The number of allylic oxidation sites excluding steroid dienone is 1.